The summed E-state index contributed by atoms with van der Waals surface area (Å²) in [7, 11) is 0. The Balaban J connectivity index is 1.72. The van der Waals surface area contributed by atoms with Gasteiger partial charge in [0.25, 0.3) is 0 Å². The van der Waals surface area contributed by atoms with Gasteiger partial charge in [0, 0.05) is 41.7 Å². The molecule has 1 aliphatic carbocycles. The molecule has 0 radical (unpaired) electrons. The van der Waals surface area contributed by atoms with E-state index in [4.69, 9.17) is 4.74 Å². The number of dihydropyridines is 1. The van der Waals surface area contributed by atoms with Crippen molar-refractivity contribution in [2.24, 2.45) is 5.41 Å². The molecule has 0 fully saturated rings. The van der Waals surface area contributed by atoms with Crippen LogP contribution in [0.1, 0.15) is 50.7 Å². The van der Waals surface area contributed by atoms with Gasteiger partial charge in [0.2, 0.25) is 0 Å². The van der Waals surface area contributed by atoms with Crippen LogP contribution in [0.5, 0.6) is 0 Å². The maximum Gasteiger partial charge on any atom is 0.337 e. The first kappa shape index (κ1) is 20.1. The van der Waals surface area contributed by atoms with Gasteiger partial charge in [0.1, 0.15) is 6.61 Å². The Morgan fingerprint density at radius 1 is 1.13 bits per heavy atom. The van der Waals surface area contributed by atoms with Crippen molar-refractivity contribution in [3.8, 4) is 0 Å². The summed E-state index contributed by atoms with van der Waals surface area (Å²) in [6.07, 6.45) is 4.61. The number of ether oxygens (including phenoxy) is 1. The second kappa shape index (κ2) is 7.90. The van der Waals surface area contributed by atoms with Crippen molar-refractivity contribution in [2.75, 3.05) is 0 Å². The van der Waals surface area contributed by atoms with Gasteiger partial charge in [-0.15, -0.1) is 0 Å². The highest BCUT2D eigenvalue weighted by molar-refractivity contribution is 6.04. The van der Waals surface area contributed by atoms with E-state index in [0.29, 0.717) is 17.6 Å². The Kier molecular flexibility index (Phi) is 5.29. The van der Waals surface area contributed by atoms with E-state index in [1.54, 1.807) is 12.4 Å². The lowest BCUT2D eigenvalue weighted by Crippen LogP contribution is -2.38. The Hall–Kier alpha value is -3.21. The molecule has 2 aromatic rings. The van der Waals surface area contributed by atoms with E-state index in [1.807, 2.05) is 49.4 Å². The van der Waals surface area contributed by atoms with Crippen LogP contribution in [0.4, 0.5) is 0 Å². The summed E-state index contributed by atoms with van der Waals surface area (Å²) >= 11 is 0. The molecule has 4 rings (SSSR count). The molecule has 0 amide bonds. The summed E-state index contributed by atoms with van der Waals surface area (Å²) in [6, 6.07) is 13.3. The first-order chi connectivity index (χ1) is 14.4. The zero-order valence-corrected chi connectivity index (χ0v) is 17.6. The first-order valence-corrected chi connectivity index (χ1v) is 10.2. The van der Waals surface area contributed by atoms with Gasteiger partial charge in [-0.3, -0.25) is 9.78 Å². The van der Waals surface area contributed by atoms with Crippen LogP contribution in [0.3, 0.4) is 0 Å². The Morgan fingerprint density at radius 2 is 1.83 bits per heavy atom. The Labute approximate surface area is 176 Å². The normalized spacial score (nSPS) is 20.5. The van der Waals surface area contributed by atoms with Gasteiger partial charge in [0.15, 0.2) is 5.78 Å². The molecule has 0 bridgehead atoms. The molecule has 154 valence electrons. The van der Waals surface area contributed by atoms with Crippen LogP contribution in [-0.2, 0) is 20.9 Å². The molecule has 0 saturated carbocycles. The molecular formula is C25H26N2O3. The maximum atomic E-state index is 13.2. The molecular weight excluding hydrogens is 376 g/mol. The lowest BCUT2D eigenvalue weighted by atomic mass is 9.68. The molecule has 2 aliphatic rings. The molecule has 1 N–H and O–H groups in total. The molecule has 1 atom stereocenters. The van der Waals surface area contributed by atoms with Crippen molar-refractivity contribution in [1.29, 1.82) is 0 Å². The number of hydrogen-bond acceptors (Lipinski definition) is 5. The fourth-order valence-electron chi connectivity index (χ4n) is 4.40. The Morgan fingerprint density at radius 3 is 2.53 bits per heavy atom. The summed E-state index contributed by atoms with van der Waals surface area (Å²) in [6.45, 7) is 6.26. The minimum Gasteiger partial charge on any atom is -0.457 e. The van der Waals surface area contributed by atoms with Crippen molar-refractivity contribution < 1.29 is 14.3 Å². The van der Waals surface area contributed by atoms with Crippen LogP contribution < -0.4 is 5.32 Å². The average Bonchev–Trinajstić information content (AvgIpc) is 2.71. The van der Waals surface area contributed by atoms with E-state index in [1.165, 1.54) is 0 Å². The van der Waals surface area contributed by atoms with Gasteiger partial charge >= 0.3 is 5.97 Å². The third-order valence-electron chi connectivity index (χ3n) is 5.71. The van der Waals surface area contributed by atoms with E-state index in [-0.39, 0.29) is 17.8 Å². The van der Waals surface area contributed by atoms with Gasteiger partial charge in [-0.25, -0.2) is 4.79 Å². The summed E-state index contributed by atoms with van der Waals surface area (Å²) in [5.74, 6) is -0.776. The molecule has 30 heavy (non-hydrogen) atoms. The quantitative estimate of drug-likeness (QED) is 0.767. The summed E-state index contributed by atoms with van der Waals surface area (Å²) in [5, 5.41) is 3.36. The molecule has 0 unspecified atom stereocenters. The molecule has 1 aromatic heterocycles. The van der Waals surface area contributed by atoms with Crippen molar-refractivity contribution in [3.63, 3.8) is 0 Å². The summed E-state index contributed by atoms with van der Waals surface area (Å²) in [5.41, 5.74) is 4.50. The lowest BCUT2D eigenvalue weighted by Gasteiger charge is -2.39. The predicted octanol–water partition coefficient (Wildman–Crippen LogP) is 4.43. The van der Waals surface area contributed by atoms with E-state index in [2.05, 4.69) is 24.1 Å². The SMILES string of the molecule is CC1=C(C(=O)OCc2ccccc2)[C@H](c2ccncc2)C2=C(CC(C)(C)CC2=O)N1. The molecule has 1 aliphatic heterocycles. The third-order valence-corrected chi connectivity index (χ3v) is 5.71. The van der Waals surface area contributed by atoms with Gasteiger partial charge in [-0.1, -0.05) is 44.2 Å². The van der Waals surface area contributed by atoms with Crippen molar-refractivity contribution in [3.05, 3.63) is 88.5 Å². The highest BCUT2D eigenvalue weighted by atomic mass is 16.5. The zero-order chi connectivity index (χ0) is 21.3. The zero-order valence-electron chi connectivity index (χ0n) is 17.6. The van der Waals surface area contributed by atoms with Gasteiger partial charge in [0.05, 0.1) is 5.57 Å². The molecule has 2 heterocycles. The number of benzene rings is 1. The van der Waals surface area contributed by atoms with Crippen LogP contribution in [0.2, 0.25) is 0 Å². The summed E-state index contributed by atoms with van der Waals surface area (Å²) in [4.78, 5) is 30.5. The number of allylic oxidation sites excluding steroid dienone is 3. The van der Waals surface area contributed by atoms with Crippen LogP contribution in [0.25, 0.3) is 0 Å². The first-order valence-electron chi connectivity index (χ1n) is 10.2. The largest absolute Gasteiger partial charge is 0.457 e. The topological polar surface area (TPSA) is 68.3 Å². The second-order valence-corrected chi connectivity index (χ2v) is 8.77. The number of esters is 1. The van der Waals surface area contributed by atoms with Crippen molar-refractivity contribution in [2.45, 2.75) is 46.1 Å². The number of Topliss-reactive ketones (excluding diaryl/α,β-unsaturated/α-hetero) is 1. The number of rotatable bonds is 4. The monoisotopic (exact) mass is 402 g/mol. The van der Waals surface area contributed by atoms with Crippen molar-refractivity contribution >= 4 is 11.8 Å². The van der Waals surface area contributed by atoms with Gasteiger partial charge in [-0.05, 0) is 42.0 Å². The number of hydrogen-bond donors (Lipinski definition) is 1. The highest BCUT2D eigenvalue weighted by Crippen LogP contribution is 2.46. The lowest BCUT2D eigenvalue weighted by molar-refractivity contribution is -0.140. The minimum absolute atomic E-state index is 0.0800. The predicted molar refractivity (Wildman–Crippen MR) is 114 cm³/mol. The number of carbonyl (C=O) groups is 2. The van der Waals surface area contributed by atoms with Gasteiger partial charge < -0.3 is 10.1 Å². The standard InChI is InChI=1S/C25H26N2O3/c1-16-21(24(29)30-15-17-7-5-4-6-8-17)22(18-9-11-26-12-10-18)23-19(27-16)13-25(2,3)14-20(23)28/h4-12,22,27H,13-15H2,1-3H3/t22-/m0/s1. The molecule has 5 nitrogen and oxygen atoms in total. The number of carbonyl (C=O) groups excluding carboxylic acids is 2. The second-order valence-electron chi connectivity index (χ2n) is 8.77. The highest BCUT2D eigenvalue weighted by Gasteiger charge is 2.43. The molecule has 5 heteroatoms. The minimum atomic E-state index is -0.448. The van der Waals surface area contributed by atoms with Crippen LogP contribution in [-0.4, -0.2) is 16.7 Å². The van der Waals surface area contributed by atoms with E-state index in [0.717, 1.165) is 28.9 Å². The fraction of sp³-hybridized carbons (Fsp3) is 0.320. The molecule has 1 aromatic carbocycles. The number of aromatic nitrogens is 1. The fourth-order valence-corrected chi connectivity index (χ4v) is 4.40. The number of nitrogens with zero attached hydrogens (tertiary/aromatic N) is 1. The van der Waals surface area contributed by atoms with Gasteiger partial charge in [-0.2, -0.15) is 0 Å². The average molecular weight is 402 g/mol. The maximum absolute atomic E-state index is 13.2. The van der Waals surface area contributed by atoms with E-state index < -0.39 is 11.9 Å². The van der Waals surface area contributed by atoms with Crippen LogP contribution in [0.15, 0.2) is 77.4 Å². The third kappa shape index (κ3) is 3.92. The Bertz CT molecular complexity index is 1040. The number of ketones is 1. The number of pyridine rings is 1. The smallest absolute Gasteiger partial charge is 0.337 e. The molecule has 0 spiro atoms. The van der Waals surface area contributed by atoms with Crippen molar-refractivity contribution in [1.82, 2.24) is 10.3 Å². The molecule has 0 saturated heterocycles. The van der Waals surface area contributed by atoms with Crippen LogP contribution >= 0.6 is 0 Å². The summed E-state index contributed by atoms with van der Waals surface area (Å²) < 4.78 is 5.66. The van der Waals surface area contributed by atoms with Crippen LogP contribution in [0, 0.1) is 5.41 Å². The van der Waals surface area contributed by atoms with E-state index >= 15 is 0 Å². The van der Waals surface area contributed by atoms with E-state index in [9.17, 15) is 9.59 Å². The number of nitrogens with one attached hydrogen (secondary N) is 1.